The highest BCUT2D eigenvalue weighted by atomic mass is 16.5. The third-order valence-electron chi connectivity index (χ3n) is 4.13. The summed E-state index contributed by atoms with van der Waals surface area (Å²) in [6.45, 7) is 9.28. The number of rotatable bonds is 11. The molecule has 2 amide bonds. The second-order valence-corrected chi connectivity index (χ2v) is 6.18. The molecule has 0 aliphatic heterocycles. The molecular weight excluding hydrogens is 336 g/mol. The maximum atomic E-state index is 11.8. The van der Waals surface area contributed by atoms with Crippen LogP contribution in [-0.4, -0.2) is 56.6 Å². The molecule has 0 spiro atoms. The van der Waals surface area contributed by atoms with Crippen molar-refractivity contribution in [1.29, 1.82) is 0 Å². The van der Waals surface area contributed by atoms with Crippen LogP contribution in [0.3, 0.4) is 0 Å². The molecule has 1 saturated carbocycles. The van der Waals surface area contributed by atoms with Gasteiger partial charge in [-0.05, 0) is 32.6 Å². The van der Waals surface area contributed by atoms with Crippen molar-refractivity contribution in [3.8, 4) is 0 Å². The van der Waals surface area contributed by atoms with Crippen molar-refractivity contribution in [3.63, 3.8) is 0 Å². The van der Waals surface area contributed by atoms with Crippen LogP contribution in [-0.2, 0) is 23.9 Å². The molecule has 7 nitrogen and oxygen atoms in total. The quantitative estimate of drug-likeness (QED) is 0.540. The topological polar surface area (TPSA) is 93.7 Å². The lowest BCUT2D eigenvalue weighted by atomic mass is 9.84. The molecule has 2 N–H and O–H groups in total. The van der Waals surface area contributed by atoms with Gasteiger partial charge in [0, 0.05) is 31.8 Å². The number of hydrogen-bond donors (Lipinski definition) is 2. The molecule has 0 bridgehead atoms. The molecule has 0 atom stereocenters. The number of carbonyl (C=O) groups is 3. The molecule has 1 rings (SSSR count). The van der Waals surface area contributed by atoms with E-state index in [9.17, 15) is 14.4 Å². The van der Waals surface area contributed by atoms with E-state index in [0.29, 0.717) is 39.4 Å². The molecule has 0 aromatic carbocycles. The third-order valence-corrected chi connectivity index (χ3v) is 4.13. The number of hydrogen-bond acceptors (Lipinski definition) is 5. The smallest absolute Gasteiger partial charge is 0.222 e. The summed E-state index contributed by atoms with van der Waals surface area (Å²) in [5.74, 6) is 0.350. The van der Waals surface area contributed by atoms with E-state index in [1.165, 1.54) is 6.92 Å². The zero-order valence-corrected chi connectivity index (χ0v) is 16.8. The largest absolute Gasteiger partial charge is 0.379 e. The lowest BCUT2D eigenvalue weighted by Crippen LogP contribution is -2.38. The summed E-state index contributed by atoms with van der Waals surface area (Å²) < 4.78 is 10.6. The number of nitrogens with one attached hydrogen (secondary N) is 2. The lowest BCUT2D eigenvalue weighted by molar-refractivity contribution is -0.123. The minimum Gasteiger partial charge on any atom is -0.379 e. The van der Waals surface area contributed by atoms with Gasteiger partial charge in [-0.1, -0.05) is 13.8 Å². The molecule has 0 aromatic rings. The summed E-state index contributed by atoms with van der Waals surface area (Å²) in [5, 5.41) is 5.64. The lowest BCUT2D eigenvalue weighted by Gasteiger charge is -2.27. The van der Waals surface area contributed by atoms with Crippen LogP contribution in [0.5, 0.6) is 0 Å². The first kappa shape index (κ1) is 24.5. The molecule has 1 fully saturated rings. The van der Waals surface area contributed by atoms with Crippen LogP contribution in [0.1, 0.15) is 59.8 Å². The highest BCUT2D eigenvalue weighted by molar-refractivity contribution is 5.78. The molecule has 0 heterocycles. The molecule has 1 aliphatic carbocycles. The normalized spacial score (nSPS) is 19.1. The monoisotopic (exact) mass is 372 g/mol. The third kappa shape index (κ3) is 12.8. The van der Waals surface area contributed by atoms with E-state index in [-0.39, 0.29) is 29.6 Å². The standard InChI is InChI=1S/C17H30N2O5.C2H6/c1-13(20)15-3-5-16(6-4-15)19-17(22)7-9-23-11-12-24-10-8-18-14(2)21;1-2/h15-16H,3-12H2,1-2H3,(H,18,21)(H,19,22);1-2H3. The van der Waals surface area contributed by atoms with Crippen LogP contribution < -0.4 is 10.6 Å². The van der Waals surface area contributed by atoms with E-state index in [4.69, 9.17) is 9.47 Å². The average Bonchev–Trinajstić information content (AvgIpc) is 2.62. The van der Waals surface area contributed by atoms with Crippen molar-refractivity contribution < 1.29 is 23.9 Å². The minimum absolute atomic E-state index is 0.00662. The van der Waals surface area contributed by atoms with E-state index in [0.717, 1.165) is 25.7 Å². The van der Waals surface area contributed by atoms with Gasteiger partial charge in [-0.3, -0.25) is 14.4 Å². The number of ketones is 1. The second kappa shape index (κ2) is 15.8. The van der Waals surface area contributed by atoms with Crippen LogP contribution >= 0.6 is 0 Å². The Morgan fingerprint density at radius 3 is 2.00 bits per heavy atom. The highest BCUT2D eigenvalue weighted by Gasteiger charge is 2.24. The van der Waals surface area contributed by atoms with Crippen molar-refractivity contribution in [2.24, 2.45) is 5.92 Å². The fraction of sp³-hybridized carbons (Fsp3) is 0.842. The highest BCUT2D eigenvalue weighted by Crippen LogP contribution is 2.24. The molecular formula is C19H36N2O5. The molecule has 0 aromatic heterocycles. The summed E-state index contributed by atoms with van der Waals surface area (Å²) in [5.41, 5.74) is 0. The Morgan fingerprint density at radius 2 is 1.46 bits per heavy atom. The van der Waals surface area contributed by atoms with Gasteiger partial charge < -0.3 is 20.1 Å². The zero-order chi connectivity index (χ0) is 19.8. The Bertz CT molecular complexity index is 407. The number of Topliss-reactive ketones (excluding diaryl/α,β-unsaturated/α-hetero) is 1. The first-order valence-corrected chi connectivity index (χ1v) is 9.68. The molecule has 1 aliphatic rings. The van der Waals surface area contributed by atoms with Crippen LogP contribution in [0.4, 0.5) is 0 Å². The molecule has 0 saturated heterocycles. The summed E-state index contributed by atoms with van der Waals surface area (Å²) >= 11 is 0. The Hall–Kier alpha value is -1.47. The Labute approximate surface area is 157 Å². The average molecular weight is 373 g/mol. The van der Waals surface area contributed by atoms with Gasteiger partial charge in [0.25, 0.3) is 0 Å². The van der Waals surface area contributed by atoms with Crippen molar-refractivity contribution >= 4 is 17.6 Å². The van der Waals surface area contributed by atoms with Gasteiger partial charge >= 0.3 is 0 Å². The van der Waals surface area contributed by atoms with Crippen molar-refractivity contribution in [1.82, 2.24) is 10.6 Å². The van der Waals surface area contributed by atoms with Gasteiger partial charge in [0.15, 0.2) is 0 Å². The fourth-order valence-electron chi connectivity index (χ4n) is 2.73. The Balaban J connectivity index is 0.00000301. The van der Waals surface area contributed by atoms with Gasteiger partial charge in [-0.2, -0.15) is 0 Å². The predicted molar refractivity (Wildman–Crippen MR) is 101 cm³/mol. The van der Waals surface area contributed by atoms with Crippen LogP contribution in [0.25, 0.3) is 0 Å². The van der Waals surface area contributed by atoms with Gasteiger partial charge in [0.2, 0.25) is 11.8 Å². The molecule has 0 radical (unpaired) electrons. The van der Waals surface area contributed by atoms with Crippen molar-refractivity contribution in [2.75, 3.05) is 33.0 Å². The van der Waals surface area contributed by atoms with Crippen molar-refractivity contribution in [2.45, 2.75) is 65.8 Å². The Morgan fingerprint density at radius 1 is 0.885 bits per heavy atom. The summed E-state index contributed by atoms with van der Waals surface area (Å²) in [7, 11) is 0. The fourth-order valence-corrected chi connectivity index (χ4v) is 2.73. The number of ether oxygens (including phenoxy) is 2. The van der Waals surface area contributed by atoms with E-state index < -0.39 is 0 Å². The van der Waals surface area contributed by atoms with E-state index in [1.807, 2.05) is 13.8 Å². The van der Waals surface area contributed by atoms with Crippen LogP contribution in [0.15, 0.2) is 0 Å². The van der Waals surface area contributed by atoms with Gasteiger partial charge in [0.05, 0.1) is 26.4 Å². The van der Waals surface area contributed by atoms with Crippen LogP contribution in [0.2, 0.25) is 0 Å². The maximum Gasteiger partial charge on any atom is 0.222 e. The first-order chi connectivity index (χ1) is 12.5. The zero-order valence-electron chi connectivity index (χ0n) is 16.8. The van der Waals surface area contributed by atoms with Crippen molar-refractivity contribution in [3.05, 3.63) is 0 Å². The minimum atomic E-state index is -0.0735. The summed E-state index contributed by atoms with van der Waals surface area (Å²) in [6.07, 6.45) is 3.82. The van der Waals surface area contributed by atoms with Gasteiger partial charge in [-0.15, -0.1) is 0 Å². The molecule has 0 unspecified atom stereocenters. The number of carbonyl (C=O) groups excluding carboxylic acids is 3. The van der Waals surface area contributed by atoms with Crippen LogP contribution in [0, 0.1) is 5.92 Å². The SMILES string of the molecule is CC.CC(=O)NCCOCCOCCC(=O)NC1CCC(C(C)=O)CC1. The molecule has 7 heteroatoms. The second-order valence-electron chi connectivity index (χ2n) is 6.18. The predicted octanol–water partition coefficient (Wildman–Crippen LogP) is 1.84. The summed E-state index contributed by atoms with van der Waals surface area (Å²) in [4.78, 5) is 33.8. The maximum absolute atomic E-state index is 11.8. The van der Waals surface area contributed by atoms with Gasteiger partial charge in [0.1, 0.15) is 5.78 Å². The van der Waals surface area contributed by atoms with Gasteiger partial charge in [-0.25, -0.2) is 0 Å². The first-order valence-electron chi connectivity index (χ1n) is 9.68. The summed E-state index contributed by atoms with van der Waals surface area (Å²) in [6, 6.07) is 0.185. The molecule has 152 valence electrons. The van der Waals surface area contributed by atoms with E-state index in [1.54, 1.807) is 6.92 Å². The Kier molecular flexibility index (Phi) is 14.9. The molecule has 26 heavy (non-hydrogen) atoms. The number of amides is 2. The van der Waals surface area contributed by atoms with E-state index >= 15 is 0 Å². The van der Waals surface area contributed by atoms with E-state index in [2.05, 4.69) is 10.6 Å².